The van der Waals surface area contributed by atoms with Gasteiger partial charge in [0.25, 0.3) is 0 Å². The fraction of sp³-hybridized carbons (Fsp3) is 0.929. The molecular formula is C14H27NO2. The zero-order valence-electron chi connectivity index (χ0n) is 11.5. The fourth-order valence-corrected chi connectivity index (χ4v) is 2.63. The second-order valence-corrected chi connectivity index (χ2v) is 5.30. The zero-order valence-corrected chi connectivity index (χ0v) is 11.5. The van der Waals surface area contributed by atoms with E-state index in [2.05, 4.69) is 19.2 Å². The zero-order chi connectivity index (χ0) is 12.7. The molecule has 0 aromatic heterocycles. The molecule has 0 amide bonds. The summed E-state index contributed by atoms with van der Waals surface area (Å²) in [7, 11) is 0. The normalized spacial score (nSPS) is 27.2. The molecule has 17 heavy (non-hydrogen) atoms. The van der Waals surface area contributed by atoms with Crippen LogP contribution in [0.15, 0.2) is 0 Å². The maximum absolute atomic E-state index is 11.4. The van der Waals surface area contributed by atoms with Gasteiger partial charge in [-0.2, -0.15) is 0 Å². The highest BCUT2D eigenvalue weighted by Crippen LogP contribution is 2.23. The fourth-order valence-electron chi connectivity index (χ4n) is 2.63. The van der Waals surface area contributed by atoms with Crippen molar-refractivity contribution in [1.29, 1.82) is 0 Å². The van der Waals surface area contributed by atoms with Crippen molar-refractivity contribution in [1.82, 2.24) is 5.32 Å². The summed E-state index contributed by atoms with van der Waals surface area (Å²) in [5.74, 6) is 0.635. The van der Waals surface area contributed by atoms with E-state index in [0.29, 0.717) is 19.1 Å². The van der Waals surface area contributed by atoms with E-state index in [-0.39, 0.29) is 12.0 Å². The highest BCUT2D eigenvalue weighted by Gasteiger charge is 2.22. The van der Waals surface area contributed by atoms with Gasteiger partial charge in [-0.15, -0.1) is 0 Å². The molecule has 3 nitrogen and oxygen atoms in total. The van der Waals surface area contributed by atoms with E-state index in [9.17, 15) is 4.79 Å². The number of hydrogen-bond donors (Lipinski definition) is 1. The Labute approximate surface area is 105 Å². The van der Waals surface area contributed by atoms with Crippen molar-refractivity contribution in [2.45, 2.75) is 71.4 Å². The van der Waals surface area contributed by atoms with Gasteiger partial charge in [0.1, 0.15) is 0 Å². The van der Waals surface area contributed by atoms with Crippen molar-refractivity contribution in [2.24, 2.45) is 5.92 Å². The van der Waals surface area contributed by atoms with E-state index >= 15 is 0 Å². The maximum atomic E-state index is 11.4. The highest BCUT2D eigenvalue weighted by atomic mass is 16.5. The Morgan fingerprint density at radius 2 is 2.06 bits per heavy atom. The summed E-state index contributed by atoms with van der Waals surface area (Å²) in [5.41, 5.74) is 0. The summed E-state index contributed by atoms with van der Waals surface area (Å²) >= 11 is 0. The topological polar surface area (TPSA) is 38.3 Å². The van der Waals surface area contributed by atoms with Gasteiger partial charge in [0, 0.05) is 12.1 Å². The van der Waals surface area contributed by atoms with Gasteiger partial charge >= 0.3 is 5.97 Å². The number of esters is 1. The van der Waals surface area contributed by atoms with Gasteiger partial charge in [0.15, 0.2) is 0 Å². The monoisotopic (exact) mass is 241 g/mol. The van der Waals surface area contributed by atoms with Gasteiger partial charge in [-0.05, 0) is 32.6 Å². The van der Waals surface area contributed by atoms with Crippen LogP contribution in [0.2, 0.25) is 0 Å². The van der Waals surface area contributed by atoms with Crippen LogP contribution in [0.3, 0.4) is 0 Å². The standard InChI is InChI=1S/C14H27NO2/c1-4-17-14(16)10-12(3)15-13-9-7-5-6-8-11(13)2/h11-13,15H,4-10H2,1-3H3. The molecule has 1 fully saturated rings. The number of rotatable bonds is 5. The minimum atomic E-state index is -0.0891. The first-order valence-corrected chi connectivity index (χ1v) is 7.05. The lowest BCUT2D eigenvalue weighted by Gasteiger charge is -2.26. The van der Waals surface area contributed by atoms with E-state index in [1.807, 2.05) is 6.92 Å². The Morgan fingerprint density at radius 3 is 2.76 bits per heavy atom. The Hall–Kier alpha value is -0.570. The van der Waals surface area contributed by atoms with Crippen LogP contribution >= 0.6 is 0 Å². The van der Waals surface area contributed by atoms with Crippen LogP contribution in [0.4, 0.5) is 0 Å². The molecule has 1 rings (SSSR count). The molecule has 1 saturated carbocycles. The molecule has 0 heterocycles. The van der Waals surface area contributed by atoms with Gasteiger partial charge in [-0.1, -0.05) is 26.2 Å². The van der Waals surface area contributed by atoms with Crippen LogP contribution in [0, 0.1) is 5.92 Å². The van der Waals surface area contributed by atoms with Crippen LogP contribution in [0.5, 0.6) is 0 Å². The van der Waals surface area contributed by atoms with Crippen LogP contribution in [0.25, 0.3) is 0 Å². The van der Waals surface area contributed by atoms with E-state index in [1.165, 1.54) is 32.1 Å². The Kier molecular flexibility index (Phi) is 6.56. The Balaban J connectivity index is 2.32. The van der Waals surface area contributed by atoms with Gasteiger partial charge in [0.2, 0.25) is 0 Å². The Bertz CT molecular complexity index is 230. The molecule has 0 aromatic carbocycles. The van der Waals surface area contributed by atoms with E-state index in [1.54, 1.807) is 0 Å². The molecule has 0 bridgehead atoms. The lowest BCUT2D eigenvalue weighted by Crippen LogP contribution is -2.41. The van der Waals surface area contributed by atoms with Crippen molar-refractivity contribution in [3.8, 4) is 0 Å². The molecule has 1 N–H and O–H groups in total. The molecule has 0 saturated heterocycles. The maximum Gasteiger partial charge on any atom is 0.307 e. The van der Waals surface area contributed by atoms with Crippen molar-refractivity contribution in [3.05, 3.63) is 0 Å². The number of hydrogen-bond acceptors (Lipinski definition) is 3. The highest BCUT2D eigenvalue weighted by molar-refractivity contribution is 5.70. The molecule has 0 aliphatic heterocycles. The molecule has 0 radical (unpaired) electrons. The third-order valence-electron chi connectivity index (χ3n) is 3.64. The van der Waals surface area contributed by atoms with Crippen LogP contribution in [-0.4, -0.2) is 24.7 Å². The number of nitrogens with one attached hydrogen (secondary N) is 1. The lowest BCUT2D eigenvalue weighted by atomic mass is 9.96. The first kappa shape index (κ1) is 14.5. The van der Waals surface area contributed by atoms with E-state index in [0.717, 1.165) is 5.92 Å². The number of carbonyl (C=O) groups is 1. The van der Waals surface area contributed by atoms with Crippen molar-refractivity contribution >= 4 is 5.97 Å². The largest absolute Gasteiger partial charge is 0.466 e. The van der Waals surface area contributed by atoms with Crippen LogP contribution in [-0.2, 0) is 9.53 Å². The van der Waals surface area contributed by atoms with Gasteiger partial charge in [0.05, 0.1) is 13.0 Å². The average molecular weight is 241 g/mol. The molecule has 3 unspecified atom stereocenters. The summed E-state index contributed by atoms with van der Waals surface area (Å²) in [6.45, 7) is 6.73. The van der Waals surface area contributed by atoms with Crippen molar-refractivity contribution in [3.63, 3.8) is 0 Å². The summed E-state index contributed by atoms with van der Waals surface area (Å²) < 4.78 is 4.97. The summed E-state index contributed by atoms with van der Waals surface area (Å²) in [6.07, 6.45) is 7.06. The molecule has 1 aliphatic carbocycles. The predicted molar refractivity (Wildman–Crippen MR) is 69.9 cm³/mol. The lowest BCUT2D eigenvalue weighted by molar-refractivity contribution is -0.143. The third-order valence-corrected chi connectivity index (χ3v) is 3.64. The summed E-state index contributed by atoms with van der Waals surface area (Å²) in [6, 6.07) is 0.793. The van der Waals surface area contributed by atoms with Gasteiger partial charge in [-0.25, -0.2) is 0 Å². The molecular weight excluding hydrogens is 214 g/mol. The van der Waals surface area contributed by atoms with Gasteiger partial charge < -0.3 is 10.1 Å². The minimum Gasteiger partial charge on any atom is -0.466 e. The molecule has 3 atom stereocenters. The SMILES string of the molecule is CCOC(=O)CC(C)NC1CCCCCC1C. The van der Waals surface area contributed by atoms with Gasteiger partial charge in [-0.3, -0.25) is 4.79 Å². The average Bonchev–Trinajstić information content (AvgIpc) is 2.44. The quantitative estimate of drug-likeness (QED) is 0.594. The van der Waals surface area contributed by atoms with Crippen molar-refractivity contribution in [2.75, 3.05) is 6.61 Å². The minimum absolute atomic E-state index is 0.0891. The predicted octanol–water partition coefficient (Wildman–Crippen LogP) is 2.89. The smallest absolute Gasteiger partial charge is 0.307 e. The molecule has 0 aromatic rings. The van der Waals surface area contributed by atoms with Crippen LogP contribution < -0.4 is 5.32 Å². The molecule has 0 spiro atoms. The van der Waals surface area contributed by atoms with E-state index < -0.39 is 0 Å². The second-order valence-electron chi connectivity index (χ2n) is 5.30. The van der Waals surface area contributed by atoms with E-state index in [4.69, 9.17) is 4.74 Å². The Morgan fingerprint density at radius 1 is 1.35 bits per heavy atom. The summed E-state index contributed by atoms with van der Waals surface area (Å²) in [5, 5.41) is 3.60. The van der Waals surface area contributed by atoms with Crippen molar-refractivity contribution < 1.29 is 9.53 Å². The third kappa shape index (κ3) is 5.53. The number of carbonyl (C=O) groups excluding carboxylic acids is 1. The summed E-state index contributed by atoms with van der Waals surface area (Å²) in [4.78, 5) is 11.4. The molecule has 1 aliphatic rings. The van der Waals surface area contributed by atoms with Crippen LogP contribution in [0.1, 0.15) is 59.3 Å². The first-order valence-electron chi connectivity index (χ1n) is 7.05. The number of ether oxygens (including phenoxy) is 1. The molecule has 100 valence electrons. The molecule has 3 heteroatoms. The second kappa shape index (κ2) is 7.70. The first-order chi connectivity index (χ1) is 8.13.